The fraction of sp³-hybridized carbons (Fsp3) is 0.500. The van der Waals surface area contributed by atoms with Crippen LogP contribution in [0.15, 0.2) is 24.3 Å². The van der Waals surface area contributed by atoms with Gasteiger partial charge in [-0.15, -0.1) is 0 Å². The predicted molar refractivity (Wildman–Crippen MR) is 66.5 cm³/mol. The van der Waals surface area contributed by atoms with Crippen LogP contribution in [-0.4, -0.2) is 19.8 Å². The van der Waals surface area contributed by atoms with Gasteiger partial charge in [0.2, 0.25) is 0 Å². The zero-order chi connectivity index (χ0) is 12.3. The number of nitrogens with zero attached hydrogens (tertiary/aromatic N) is 1. The van der Waals surface area contributed by atoms with E-state index in [0.717, 1.165) is 25.0 Å². The van der Waals surface area contributed by atoms with Gasteiger partial charge >= 0.3 is 0 Å². The van der Waals surface area contributed by atoms with Crippen LogP contribution >= 0.6 is 0 Å². The quantitative estimate of drug-likeness (QED) is 0.648. The molecule has 1 rings (SSSR count). The van der Waals surface area contributed by atoms with Crippen molar-refractivity contribution < 1.29 is 9.47 Å². The molecular formula is C14H19NO2. The molecule has 1 aromatic carbocycles. The van der Waals surface area contributed by atoms with Gasteiger partial charge in [-0.05, 0) is 18.1 Å². The van der Waals surface area contributed by atoms with Gasteiger partial charge in [-0.25, -0.2) is 0 Å². The van der Waals surface area contributed by atoms with Crippen molar-refractivity contribution in [3.63, 3.8) is 0 Å². The molecule has 0 amide bonds. The molecule has 0 aliphatic carbocycles. The second-order valence-corrected chi connectivity index (χ2v) is 3.79. The van der Waals surface area contributed by atoms with Crippen molar-refractivity contribution in [3.8, 4) is 6.07 Å². The summed E-state index contributed by atoms with van der Waals surface area (Å²) in [5, 5.41) is 8.89. The molecule has 0 unspecified atom stereocenters. The van der Waals surface area contributed by atoms with Crippen LogP contribution in [0.5, 0.6) is 0 Å². The second-order valence-electron chi connectivity index (χ2n) is 3.79. The minimum Gasteiger partial charge on any atom is -0.379 e. The van der Waals surface area contributed by atoms with E-state index in [1.54, 1.807) is 6.07 Å². The summed E-state index contributed by atoms with van der Waals surface area (Å²) in [6.45, 7) is 4.60. The lowest BCUT2D eigenvalue weighted by Crippen LogP contribution is -2.05. The van der Waals surface area contributed by atoms with Crippen molar-refractivity contribution in [2.75, 3.05) is 19.8 Å². The van der Waals surface area contributed by atoms with Crippen molar-refractivity contribution in [2.45, 2.75) is 26.4 Å². The Hall–Kier alpha value is -1.37. The third-order valence-corrected chi connectivity index (χ3v) is 2.41. The summed E-state index contributed by atoms with van der Waals surface area (Å²) < 4.78 is 10.8. The molecule has 3 nitrogen and oxygen atoms in total. The molecule has 1 aromatic rings. The molecular weight excluding hydrogens is 214 g/mol. The van der Waals surface area contributed by atoms with Crippen LogP contribution in [0.4, 0.5) is 0 Å². The topological polar surface area (TPSA) is 42.2 Å². The monoisotopic (exact) mass is 233 g/mol. The van der Waals surface area contributed by atoms with Gasteiger partial charge in [0.15, 0.2) is 0 Å². The number of nitriles is 1. The zero-order valence-electron chi connectivity index (χ0n) is 10.3. The summed E-state index contributed by atoms with van der Waals surface area (Å²) >= 11 is 0. The van der Waals surface area contributed by atoms with E-state index in [2.05, 4.69) is 13.0 Å². The largest absolute Gasteiger partial charge is 0.379 e. The SMILES string of the molecule is CCCCOCCOCc1ccccc1C#N. The first-order valence-corrected chi connectivity index (χ1v) is 6.02. The molecule has 0 aliphatic heterocycles. The number of hydrogen-bond acceptors (Lipinski definition) is 3. The zero-order valence-corrected chi connectivity index (χ0v) is 10.3. The highest BCUT2D eigenvalue weighted by molar-refractivity contribution is 5.36. The molecule has 0 radical (unpaired) electrons. The fourth-order valence-electron chi connectivity index (χ4n) is 1.40. The molecule has 92 valence electrons. The highest BCUT2D eigenvalue weighted by Crippen LogP contribution is 2.08. The van der Waals surface area contributed by atoms with Crippen LogP contribution in [-0.2, 0) is 16.1 Å². The minimum absolute atomic E-state index is 0.473. The number of hydrogen-bond donors (Lipinski definition) is 0. The van der Waals surface area contributed by atoms with Crippen molar-refractivity contribution in [3.05, 3.63) is 35.4 Å². The molecule has 3 heteroatoms. The lowest BCUT2D eigenvalue weighted by molar-refractivity contribution is 0.0396. The van der Waals surface area contributed by atoms with Gasteiger partial charge in [-0.1, -0.05) is 31.5 Å². The molecule has 0 heterocycles. The highest BCUT2D eigenvalue weighted by atomic mass is 16.5. The van der Waals surface area contributed by atoms with E-state index in [-0.39, 0.29) is 0 Å². The van der Waals surface area contributed by atoms with Crippen molar-refractivity contribution in [1.82, 2.24) is 0 Å². The summed E-state index contributed by atoms with van der Waals surface area (Å²) in [6, 6.07) is 9.64. The first-order valence-electron chi connectivity index (χ1n) is 6.02. The maximum Gasteiger partial charge on any atom is 0.0995 e. The van der Waals surface area contributed by atoms with Crippen LogP contribution in [0, 0.1) is 11.3 Å². The van der Waals surface area contributed by atoms with E-state index in [1.165, 1.54) is 0 Å². The summed E-state index contributed by atoms with van der Waals surface area (Å²) in [5.41, 5.74) is 1.61. The van der Waals surface area contributed by atoms with E-state index in [0.29, 0.717) is 25.4 Å². The Morgan fingerprint density at radius 1 is 1.12 bits per heavy atom. The van der Waals surface area contributed by atoms with Crippen LogP contribution < -0.4 is 0 Å². The van der Waals surface area contributed by atoms with Gasteiger partial charge < -0.3 is 9.47 Å². The summed E-state index contributed by atoms with van der Waals surface area (Å²) in [4.78, 5) is 0. The minimum atomic E-state index is 0.473. The fourth-order valence-corrected chi connectivity index (χ4v) is 1.40. The molecule has 0 N–H and O–H groups in total. The van der Waals surface area contributed by atoms with E-state index in [4.69, 9.17) is 14.7 Å². The molecule has 0 bridgehead atoms. The van der Waals surface area contributed by atoms with Gasteiger partial charge in [0.05, 0.1) is 31.5 Å². The van der Waals surface area contributed by atoms with Gasteiger partial charge in [0, 0.05) is 6.61 Å². The standard InChI is InChI=1S/C14H19NO2/c1-2-3-8-16-9-10-17-12-14-7-5-4-6-13(14)11-15/h4-7H,2-3,8-10,12H2,1H3. The lowest BCUT2D eigenvalue weighted by atomic mass is 10.1. The Labute approximate surface area is 103 Å². The van der Waals surface area contributed by atoms with Gasteiger partial charge in [-0.3, -0.25) is 0 Å². The van der Waals surface area contributed by atoms with Crippen LogP contribution in [0.25, 0.3) is 0 Å². The molecule has 0 aromatic heterocycles. The molecule has 0 saturated heterocycles. The first-order chi connectivity index (χ1) is 8.38. The maximum absolute atomic E-state index is 8.89. The summed E-state index contributed by atoms with van der Waals surface area (Å²) in [5.74, 6) is 0. The molecule has 0 fully saturated rings. The molecule has 0 atom stereocenters. The van der Waals surface area contributed by atoms with E-state index >= 15 is 0 Å². The second kappa shape index (κ2) is 8.74. The van der Waals surface area contributed by atoms with E-state index < -0.39 is 0 Å². The Kier molecular flexibility index (Phi) is 7.04. The Balaban J connectivity index is 2.16. The number of ether oxygens (including phenoxy) is 2. The number of rotatable bonds is 8. The first kappa shape index (κ1) is 13.7. The number of unbranched alkanes of at least 4 members (excludes halogenated alkanes) is 1. The predicted octanol–water partition coefficient (Wildman–Crippen LogP) is 2.89. The van der Waals surface area contributed by atoms with Crippen LogP contribution in [0.1, 0.15) is 30.9 Å². The highest BCUT2D eigenvalue weighted by Gasteiger charge is 2.00. The molecule has 0 aliphatic rings. The van der Waals surface area contributed by atoms with Crippen LogP contribution in [0.2, 0.25) is 0 Å². The van der Waals surface area contributed by atoms with Crippen LogP contribution in [0.3, 0.4) is 0 Å². The van der Waals surface area contributed by atoms with Crippen molar-refractivity contribution in [2.24, 2.45) is 0 Å². The molecule has 17 heavy (non-hydrogen) atoms. The third-order valence-electron chi connectivity index (χ3n) is 2.41. The van der Waals surface area contributed by atoms with Gasteiger partial charge in [0.1, 0.15) is 0 Å². The Morgan fingerprint density at radius 2 is 1.88 bits per heavy atom. The maximum atomic E-state index is 8.89. The summed E-state index contributed by atoms with van der Waals surface area (Å²) in [7, 11) is 0. The molecule has 0 spiro atoms. The van der Waals surface area contributed by atoms with E-state index in [1.807, 2.05) is 18.2 Å². The Bertz CT molecular complexity index is 357. The summed E-state index contributed by atoms with van der Waals surface area (Å²) in [6.07, 6.45) is 2.24. The van der Waals surface area contributed by atoms with Crippen molar-refractivity contribution in [1.29, 1.82) is 5.26 Å². The number of benzene rings is 1. The van der Waals surface area contributed by atoms with Gasteiger partial charge in [0.25, 0.3) is 0 Å². The average molecular weight is 233 g/mol. The Morgan fingerprint density at radius 3 is 2.65 bits per heavy atom. The third kappa shape index (κ3) is 5.48. The average Bonchev–Trinajstić information content (AvgIpc) is 2.38. The smallest absolute Gasteiger partial charge is 0.0995 e. The van der Waals surface area contributed by atoms with E-state index in [9.17, 15) is 0 Å². The van der Waals surface area contributed by atoms with Gasteiger partial charge in [-0.2, -0.15) is 5.26 Å². The molecule has 0 saturated carbocycles. The lowest BCUT2D eigenvalue weighted by Gasteiger charge is -2.06. The van der Waals surface area contributed by atoms with Crippen molar-refractivity contribution >= 4 is 0 Å². The normalized spacial score (nSPS) is 10.1.